The molecule has 0 aliphatic carbocycles. The number of nitrogens with zero attached hydrogens (tertiary/aromatic N) is 4. The van der Waals surface area contributed by atoms with Gasteiger partial charge >= 0.3 is 0 Å². The molecular formula is C11H14FN5. The normalized spacial score (nSPS) is 12.6. The van der Waals surface area contributed by atoms with Crippen LogP contribution in [0.25, 0.3) is 0 Å². The second-order valence-corrected chi connectivity index (χ2v) is 3.87. The zero-order chi connectivity index (χ0) is 12.3. The summed E-state index contributed by atoms with van der Waals surface area (Å²) in [6.07, 6.45) is 4.48. The molecule has 1 unspecified atom stereocenters. The third-order valence-electron chi connectivity index (χ3n) is 2.44. The second kappa shape index (κ2) is 5.01. The van der Waals surface area contributed by atoms with E-state index in [1.54, 1.807) is 17.2 Å². The number of aryl methyl sites for hydroxylation is 1. The highest BCUT2D eigenvalue weighted by molar-refractivity contribution is 5.14. The van der Waals surface area contributed by atoms with E-state index in [4.69, 9.17) is 0 Å². The van der Waals surface area contributed by atoms with Crippen molar-refractivity contribution in [2.75, 3.05) is 0 Å². The van der Waals surface area contributed by atoms with E-state index in [1.807, 2.05) is 14.0 Å². The number of hydrogen-bond acceptors (Lipinski definition) is 4. The Morgan fingerprint density at radius 2 is 2.29 bits per heavy atom. The van der Waals surface area contributed by atoms with Crippen LogP contribution >= 0.6 is 0 Å². The summed E-state index contributed by atoms with van der Waals surface area (Å²) in [5.74, 6) is 0.385. The molecule has 0 aromatic carbocycles. The van der Waals surface area contributed by atoms with Crippen LogP contribution < -0.4 is 5.32 Å². The second-order valence-electron chi connectivity index (χ2n) is 3.87. The molecule has 2 heterocycles. The first-order valence-corrected chi connectivity index (χ1v) is 5.33. The van der Waals surface area contributed by atoms with E-state index in [2.05, 4.69) is 20.4 Å². The van der Waals surface area contributed by atoms with Crippen LogP contribution in [-0.2, 0) is 13.6 Å². The van der Waals surface area contributed by atoms with Gasteiger partial charge in [0.15, 0.2) is 5.82 Å². The number of halogens is 1. The lowest BCUT2D eigenvalue weighted by molar-refractivity contribution is 0.546. The smallest absolute Gasteiger partial charge is 0.164 e. The van der Waals surface area contributed by atoms with Crippen LogP contribution in [0.5, 0.6) is 0 Å². The zero-order valence-corrected chi connectivity index (χ0v) is 9.76. The molecule has 0 bridgehead atoms. The van der Waals surface area contributed by atoms with Crippen LogP contribution in [0.4, 0.5) is 4.39 Å². The lowest BCUT2D eigenvalue weighted by atomic mass is 10.1. The lowest BCUT2D eigenvalue weighted by Gasteiger charge is -2.12. The standard InChI is InChI=1S/C11H14FN5/c1-8(9-3-10(12)5-13-4-9)14-6-11-15-7-17(2)16-11/h3-5,7-8,14H,6H2,1-2H3. The molecule has 1 atom stereocenters. The van der Waals surface area contributed by atoms with Crippen LogP contribution in [0.2, 0.25) is 0 Å². The zero-order valence-electron chi connectivity index (χ0n) is 9.76. The molecule has 0 amide bonds. The van der Waals surface area contributed by atoms with E-state index in [-0.39, 0.29) is 11.9 Å². The average molecular weight is 235 g/mol. The van der Waals surface area contributed by atoms with Crippen LogP contribution in [0.1, 0.15) is 24.4 Å². The predicted molar refractivity (Wildman–Crippen MR) is 60.5 cm³/mol. The van der Waals surface area contributed by atoms with Crippen LogP contribution in [0.15, 0.2) is 24.8 Å². The van der Waals surface area contributed by atoms with E-state index in [0.29, 0.717) is 12.4 Å². The topological polar surface area (TPSA) is 55.6 Å². The molecule has 0 saturated carbocycles. The monoisotopic (exact) mass is 235 g/mol. The fourth-order valence-electron chi connectivity index (χ4n) is 1.49. The summed E-state index contributed by atoms with van der Waals surface area (Å²) in [5, 5.41) is 7.36. The van der Waals surface area contributed by atoms with Crippen molar-refractivity contribution in [3.63, 3.8) is 0 Å². The number of nitrogens with one attached hydrogen (secondary N) is 1. The van der Waals surface area contributed by atoms with Crippen molar-refractivity contribution in [3.05, 3.63) is 42.0 Å². The maximum Gasteiger partial charge on any atom is 0.164 e. The average Bonchev–Trinajstić information content (AvgIpc) is 2.72. The Balaban J connectivity index is 1.95. The molecular weight excluding hydrogens is 221 g/mol. The van der Waals surface area contributed by atoms with Crippen molar-refractivity contribution < 1.29 is 4.39 Å². The van der Waals surface area contributed by atoms with Gasteiger partial charge in [-0.3, -0.25) is 9.67 Å². The van der Waals surface area contributed by atoms with Gasteiger partial charge in [0.05, 0.1) is 12.7 Å². The van der Waals surface area contributed by atoms with Gasteiger partial charge in [-0.1, -0.05) is 0 Å². The van der Waals surface area contributed by atoms with Gasteiger partial charge in [0.1, 0.15) is 12.1 Å². The molecule has 0 fully saturated rings. The number of aromatic nitrogens is 4. The van der Waals surface area contributed by atoms with Gasteiger partial charge in [-0.25, -0.2) is 9.37 Å². The minimum atomic E-state index is -0.327. The SMILES string of the molecule is CC(NCc1ncn(C)n1)c1cncc(F)c1. The Bertz CT molecular complexity index is 496. The highest BCUT2D eigenvalue weighted by Gasteiger charge is 2.07. The van der Waals surface area contributed by atoms with E-state index in [1.165, 1.54) is 12.3 Å². The molecule has 2 aromatic rings. The predicted octanol–water partition coefficient (Wildman–Crippen LogP) is 1.20. The summed E-state index contributed by atoms with van der Waals surface area (Å²) in [7, 11) is 1.82. The van der Waals surface area contributed by atoms with Gasteiger partial charge in [-0.05, 0) is 18.6 Å². The van der Waals surface area contributed by atoms with Gasteiger partial charge in [0, 0.05) is 19.3 Å². The number of rotatable bonds is 4. The molecule has 0 spiro atoms. The Hall–Kier alpha value is -1.82. The molecule has 0 radical (unpaired) electrons. The molecule has 2 rings (SSSR count). The molecule has 0 aliphatic rings. The van der Waals surface area contributed by atoms with E-state index in [0.717, 1.165) is 5.56 Å². The summed E-state index contributed by atoms with van der Waals surface area (Å²) in [4.78, 5) is 7.91. The number of hydrogen-bond donors (Lipinski definition) is 1. The maximum absolute atomic E-state index is 13.0. The Morgan fingerprint density at radius 3 is 2.94 bits per heavy atom. The largest absolute Gasteiger partial charge is 0.303 e. The van der Waals surface area contributed by atoms with E-state index < -0.39 is 0 Å². The van der Waals surface area contributed by atoms with E-state index in [9.17, 15) is 4.39 Å². The van der Waals surface area contributed by atoms with Crippen LogP contribution in [0, 0.1) is 5.82 Å². The highest BCUT2D eigenvalue weighted by Crippen LogP contribution is 2.12. The lowest BCUT2D eigenvalue weighted by Crippen LogP contribution is -2.19. The minimum absolute atomic E-state index is 0.00186. The molecule has 5 nitrogen and oxygen atoms in total. The fraction of sp³-hybridized carbons (Fsp3) is 0.364. The summed E-state index contributed by atoms with van der Waals surface area (Å²) in [6, 6.07) is 1.47. The third kappa shape index (κ3) is 3.07. The Labute approximate surface area is 98.7 Å². The Morgan fingerprint density at radius 1 is 1.47 bits per heavy atom. The van der Waals surface area contributed by atoms with Crippen LogP contribution in [0.3, 0.4) is 0 Å². The quantitative estimate of drug-likeness (QED) is 0.865. The summed E-state index contributed by atoms with van der Waals surface area (Å²) in [5.41, 5.74) is 0.806. The molecule has 17 heavy (non-hydrogen) atoms. The molecule has 2 aromatic heterocycles. The van der Waals surface area contributed by atoms with Gasteiger partial charge < -0.3 is 5.32 Å². The summed E-state index contributed by atoms with van der Waals surface area (Å²) < 4.78 is 14.6. The van der Waals surface area contributed by atoms with Crippen molar-refractivity contribution in [3.8, 4) is 0 Å². The third-order valence-corrected chi connectivity index (χ3v) is 2.44. The van der Waals surface area contributed by atoms with Crippen molar-refractivity contribution in [1.29, 1.82) is 0 Å². The molecule has 90 valence electrons. The maximum atomic E-state index is 13.0. The summed E-state index contributed by atoms with van der Waals surface area (Å²) in [6.45, 7) is 2.48. The highest BCUT2D eigenvalue weighted by atomic mass is 19.1. The molecule has 1 N–H and O–H groups in total. The van der Waals surface area contributed by atoms with Crippen molar-refractivity contribution >= 4 is 0 Å². The summed E-state index contributed by atoms with van der Waals surface area (Å²) >= 11 is 0. The first-order valence-electron chi connectivity index (χ1n) is 5.33. The van der Waals surface area contributed by atoms with Gasteiger partial charge in [-0.2, -0.15) is 5.10 Å². The molecule has 6 heteroatoms. The van der Waals surface area contributed by atoms with Gasteiger partial charge in [0.2, 0.25) is 0 Å². The van der Waals surface area contributed by atoms with Crippen LogP contribution in [-0.4, -0.2) is 19.7 Å². The Kier molecular flexibility index (Phi) is 3.43. The van der Waals surface area contributed by atoms with Crippen molar-refractivity contribution in [2.24, 2.45) is 7.05 Å². The van der Waals surface area contributed by atoms with Gasteiger partial charge in [-0.15, -0.1) is 0 Å². The first kappa shape index (κ1) is 11.7. The molecule has 0 aliphatic heterocycles. The molecule has 0 saturated heterocycles. The van der Waals surface area contributed by atoms with Crippen molar-refractivity contribution in [2.45, 2.75) is 19.5 Å². The first-order chi connectivity index (χ1) is 8.15. The minimum Gasteiger partial charge on any atom is -0.303 e. The van der Waals surface area contributed by atoms with E-state index >= 15 is 0 Å². The fourth-order valence-corrected chi connectivity index (χ4v) is 1.49. The number of pyridine rings is 1. The van der Waals surface area contributed by atoms with Crippen molar-refractivity contribution in [1.82, 2.24) is 25.1 Å². The van der Waals surface area contributed by atoms with Gasteiger partial charge in [0.25, 0.3) is 0 Å².